The van der Waals surface area contributed by atoms with Gasteiger partial charge < -0.3 is 28.4 Å². The molecule has 0 amide bonds. The lowest BCUT2D eigenvalue weighted by atomic mass is 9.87. The molecule has 3 aromatic heterocycles. The van der Waals surface area contributed by atoms with Crippen molar-refractivity contribution < 1.29 is 8.83 Å². The van der Waals surface area contributed by atoms with Crippen molar-refractivity contribution in [2.75, 3.05) is 19.6 Å². The lowest BCUT2D eigenvalue weighted by Crippen LogP contribution is -2.18. The number of fused-ring (bicyclic) bond motifs is 9. The summed E-state index contributed by atoms with van der Waals surface area (Å²) in [5, 5.41) is 7.19. The van der Waals surface area contributed by atoms with Crippen LogP contribution in [0.2, 0.25) is 5.02 Å². The maximum atomic E-state index is 8.62. The molecule has 456 valence electrons. The first-order valence-electron chi connectivity index (χ1n) is 32.1. The van der Waals surface area contributed by atoms with Crippen LogP contribution in [0.25, 0.3) is 75.2 Å². The molecule has 0 aliphatic rings. The summed E-state index contributed by atoms with van der Waals surface area (Å²) in [6.45, 7) is 13.6. The SMILES string of the molecule is CC(C)(C)c1ccc(N(c2cccc(N(c3cccc(-c4ccccc4)c3)c3ccc4oc5ccccc5c4c3)c2)c2cc(N(c3ccccc3)c3ccc4oc5ccccc5c4c3)cc(N(c3ccc(C(C)(C)C)cc3)c3ccc4c(c3)sc3ccccc34)c2Cl)cc1. The lowest BCUT2D eigenvalue weighted by molar-refractivity contribution is 0.590. The molecule has 0 radical (unpaired) electrons. The number of benzene rings is 13. The van der Waals surface area contributed by atoms with Crippen LogP contribution in [0.4, 0.5) is 68.2 Å². The van der Waals surface area contributed by atoms with Gasteiger partial charge >= 0.3 is 0 Å². The fourth-order valence-corrected chi connectivity index (χ4v) is 14.8. The van der Waals surface area contributed by atoms with E-state index in [-0.39, 0.29) is 10.8 Å². The van der Waals surface area contributed by atoms with Crippen molar-refractivity contribution in [3.63, 3.8) is 0 Å². The van der Waals surface area contributed by atoms with E-state index in [0.29, 0.717) is 5.02 Å². The van der Waals surface area contributed by atoms with Gasteiger partial charge in [0.05, 0.1) is 22.1 Å². The molecule has 6 nitrogen and oxygen atoms in total. The predicted octanol–water partition coefficient (Wildman–Crippen LogP) is 26.6. The Morgan fingerprint density at radius 2 is 0.649 bits per heavy atom. The summed E-state index contributed by atoms with van der Waals surface area (Å²) in [6, 6.07) is 107. The maximum Gasteiger partial charge on any atom is 0.135 e. The monoisotopic (exact) mass is 1250 g/mol. The van der Waals surface area contributed by atoms with Crippen molar-refractivity contribution in [3.8, 4) is 11.1 Å². The summed E-state index contributed by atoms with van der Waals surface area (Å²) in [6.07, 6.45) is 0. The Balaban J connectivity index is 0.974. The van der Waals surface area contributed by atoms with Gasteiger partial charge in [0.1, 0.15) is 22.3 Å². The Bertz CT molecular complexity index is 5510. The third-order valence-electron chi connectivity index (χ3n) is 18.2. The van der Waals surface area contributed by atoms with Gasteiger partial charge in [-0.05, 0) is 179 Å². The van der Waals surface area contributed by atoms with Gasteiger partial charge in [-0.3, -0.25) is 0 Å². The summed E-state index contributed by atoms with van der Waals surface area (Å²) < 4.78 is 15.4. The quantitative estimate of drug-likeness (QED) is 0.115. The van der Waals surface area contributed by atoms with Crippen molar-refractivity contribution >= 4 is 155 Å². The molecular formula is C86H67ClN4O2S. The molecule has 0 aliphatic carbocycles. The van der Waals surface area contributed by atoms with Gasteiger partial charge in [-0.1, -0.05) is 205 Å². The highest BCUT2D eigenvalue weighted by Crippen LogP contribution is 2.53. The Hall–Kier alpha value is -10.8. The number of furan rings is 2. The van der Waals surface area contributed by atoms with Crippen molar-refractivity contribution in [3.05, 3.63) is 313 Å². The number of hydrogen-bond donors (Lipinski definition) is 0. The number of halogens is 1. The van der Waals surface area contributed by atoms with Gasteiger partial charge in [-0.15, -0.1) is 11.3 Å². The van der Waals surface area contributed by atoms with E-state index in [2.05, 4.69) is 334 Å². The van der Waals surface area contributed by atoms with Crippen LogP contribution in [0.5, 0.6) is 0 Å². The van der Waals surface area contributed by atoms with Crippen LogP contribution >= 0.6 is 22.9 Å². The third kappa shape index (κ3) is 10.7. The normalized spacial score (nSPS) is 12.0. The second-order valence-corrected chi connectivity index (χ2v) is 27.8. The Labute approximate surface area is 557 Å². The van der Waals surface area contributed by atoms with E-state index in [1.807, 2.05) is 35.6 Å². The number of para-hydroxylation sites is 3. The average Bonchev–Trinajstić information content (AvgIpc) is 0.924. The van der Waals surface area contributed by atoms with Crippen molar-refractivity contribution in [2.24, 2.45) is 0 Å². The summed E-state index contributed by atoms with van der Waals surface area (Å²) in [5.41, 5.74) is 18.9. The molecule has 0 unspecified atom stereocenters. The molecule has 0 atom stereocenters. The Kier molecular flexibility index (Phi) is 14.5. The van der Waals surface area contributed by atoms with Gasteiger partial charge in [0.25, 0.3) is 0 Å². The molecule has 3 heterocycles. The van der Waals surface area contributed by atoms with Gasteiger partial charge in [-0.25, -0.2) is 0 Å². The third-order valence-corrected chi connectivity index (χ3v) is 19.7. The largest absolute Gasteiger partial charge is 0.456 e. The molecule has 0 bridgehead atoms. The average molecular weight is 1260 g/mol. The van der Waals surface area contributed by atoms with Gasteiger partial charge in [0.15, 0.2) is 0 Å². The first-order valence-corrected chi connectivity index (χ1v) is 33.2. The maximum absolute atomic E-state index is 8.62. The van der Waals surface area contributed by atoms with Crippen LogP contribution in [-0.4, -0.2) is 0 Å². The highest BCUT2D eigenvalue weighted by Gasteiger charge is 2.29. The first kappa shape index (κ1) is 58.3. The minimum Gasteiger partial charge on any atom is -0.456 e. The number of anilines is 12. The van der Waals surface area contributed by atoms with Crippen LogP contribution < -0.4 is 19.6 Å². The van der Waals surface area contributed by atoms with Gasteiger partial charge in [0, 0.05) is 92.9 Å². The van der Waals surface area contributed by atoms with E-state index in [1.165, 1.54) is 31.3 Å². The zero-order valence-corrected chi connectivity index (χ0v) is 54.8. The number of rotatable bonds is 13. The molecule has 0 spiro atoms. The van der Waals surface area contributed by atoms with Crippen LogP contribution in [0.1, 0.15) is 52.7 Å². The minimum atomic E-state index is -0.111. The zero-order valence-electron chi connectivity index (χ0n) is 53.2. The molecule has 16 rings (SSSR count). The van der Waals surface area contributed by atoms with Gasteiger partial charge in [-0.2, -0.15) is 0 Å². The van der Waals surface area contributed by atoms with Gasteiger partial charge in [0.2, 0.25) is 0 Å². The minimum absolute atomic E-state index is 0.0834. The second-order valence-electron chi connectivity index (χ2n) is 26.3. The lowest BCUT2D eigenvalue weighted by Gasteiger charge is -2.35. The fourth-order valence-electron chi connectivity index (χ4n) is 13.4. The molecule has 0 N–H and O–H groups in total. The van der Waals surface area contributed by atoms with Crippen molar-refractivity contribution in [1.29, 1.82) is 0 Å². The molecule has 0 aliphatic heterocycles. The van der Waals surface area contributed by atoms with E-state index in [4.69, 9.17) is 20.4 Å². The second kappa shape index (κ2) is 23.4. The van der Waals surface area contributed by atoms with E-state index in [0.717, 1.165) is 123 Å². The van der Waals surface area contributed by atoms with Crippen LogP contribution in [0.3, 0.4) is 0 Å². The smallest absolute Gasteiger partial charge is 0.135 e. The van der Waals surface area contributed by atoms with Crippen LogP contribution in [-0.2, 0) is 10.8 Å². The molecule has 8 heteroatoms. The highest BCUT2D eigenvalue weighted by atomic mass is 35.5. The van der Waals surface area contributed by atoms with Crippen LogP contribution in [0, 0.1) is 0 Å². The first-order chi connectivity index (χ1) is 45.8. The topological polar surface area (TPSA) is 39.2 Å². The molecule has 16 aromatic rings. The van der Waals surface area contributed by atoms with Crippen LogP contribution in [0.15, 0.2) is 306 Å². The molecule has 13 aromatic carbocycles. The molecule has 0 saturated carbocycles. The van der Waals surface area contributed by atoms with E-state index >= 15 is 0 Å². The Morgan fingerprint density at radius 1 is 0.266 bits per heavy atom. The van der Waals surface area contributed by atoms with E-state index < -0.39 is 0 Å². The predicted molar refractivity (Wildman–Crippen MR) is 400 cm³/mol. The number of thiophene rings is 1. The molecular weight excluding hydrogens is 1190 g/mol. The fraction of sp³-hybridized carbons (Fsp3) is 0.0930. The van der Waals surface area contributed by atoms with E-state index in [1.54, 1.807) is 0 Å². The van der Waals surface area contributed by atoms with Crippen molar-refractivity contribution in [2.45, 2.75) is 52.4 Å². The zero-order chi connectivity index (χ0) is 63.8. The molecule has 0 saturated heterocycles. The standard InChI is InChI=1S/C86H67ClN4O2S/c1-85(2,3)58-35-39-61(40-36-58)90(65-28-20-27-64(50-65)89(63-26-19-23-57(49-63)56-21-9-7-10-22-56)67-45-48-81-75(52-67)71-30-14-17-33-79(71)93-81)76-53-69(88(60-24-11-8-12-25-60)66-44-47-80-74(51-66)70-29-13-16-32-78(70)92-80)54-77(84(76)87)91(62-41-37-59(38-42-62)86(4,5)6)68-43-46-73-72-31-15-18-34-82(72)94-83(73)55-68/h7-55H,1-6H3. The number of nitrogens with zero attached hydrogens (tertiary/aromatic N) is 4. The Morgan fingerprint density at radius 3 is 1.21 bits per heavy atom. The summed E-state index contributed by atoms with van der Waals surface area (Å²) in [4.78, 5) is 9.43. The molecule has 94 heavy (non-hydrogen) atoms. The van der Waals surface area contributed by atoms with Crippen molar-refractivity contribution in [1.82, 2.24) is 0 Å². The highest BCUT2D eigenvalue weighted by molar-refractivity contribution is 7.25. The summed E-state index contributed by atoms with van der Waals surface area (Å²) >= 11 is 10.4. The molecule has 0 fully saturated rings. The number of hydrogen-bond acceptors (Lipinski definition) is 7. The summed E-state index contributed by atoms with van der Waals surface area (Å²) in [7, 11) is 0. The summed E-state index contributed by atoms with van der Waals surface area (Å²) in [5.74, 6) is 0. The van der Waals surface area contributed by atoms with E-state index in [9.17, 15) is 0 Å².